The molecule has 0 radical (unpaired) electrons. The molecule has 1 aromatic heterocycles. The van der Waals surface area contributed by atoms with Crippen molar-refractivity contribution in [3.63, 3.8) is 0 Å². The predicted octanol–water partition coefficient (Wildman–Crippen LogP) is 3.34. The van der Waals surface area contributed by atoms with Crippen LogP contribution in [0.4, 0.5) is 0 Å². The number of aromatic nitrogens is 1. The third-order valence-electron chi connectivity index (χ3n) is 3.06. The van der Waals surface area contributed by atoms with E-state index in [0.717, 1.165) is 11.8 Å². The quantitative estimate of drug-likeness (QED) is 0.561. The van der Waals surface area contributed by atoms with Crippen molar-refractivity contribution in [2.75, 3.05) is 0 Å². The van der Waals surface area contributed by atoms with Crippen LogP contribution in [0.25, 0.3) is 0 Å². The molecule has 0 aliphatic carbocycles. The number of halogens is 1. The van der Waals surface area contributed by atoms with Crippen molar-refractivity contribution in [1.29, 1.82) is 0 Å². The molecule has 0 aliphatic rings. The average molecular weight is 362 g/mol. The van der Waals surface area contributed by atoms with Gasteiger partial charge in [0.25, 0.3) is 5.56 Å². The second-order valence-corrected chi connectivity index (χ2v) is 5.41. The zero-order valence-corrected chi connectivity index (χ0v) is 13.5. The van der Waals surface area contributed by atoms with Crippen LogP contribution in [0.3, 0.4) is 0 Å². The number of hydrogen-bond acceptors (Lipinski definition) is 3. The summed E-state index contributed by atoms with van der Waals surface area (Å²) in [7, 11) is 0. The summed E-state index contributed by atoms with van der Waals surface area (Å²) in [4.78, 5) is 22.4. The maximum absolute atomic E-state index is 12.2. The van der Waals surface area contributed by atoms with E-state index in [0.29, 0.717) is 29.8 Å². The smallest absolute Gasteiger partial charge is 0.268 e. The molecule has 0 amide bonds. The van der Waals surface area contributed by atoms with E-state index in [1.807, 2.05) is 30.3 Å². The van der Waals surface area contributed by atoms with E-state index >= 15 is 0 Å². The van der Waals surface area contributed by atoms with Crippen molar-refractivity contribution in [2.24, 2.45) is 0 Å². The fourth-order valence-corrected chi connectivity index (χ4v) is 2.39. The lowest BCUT2D eigenvalue weighted by Gasteiger charge is -2.10. The lowest BCUT2D eigenvalue weighted by Crippen LogP contribution is -2.20. The van der Waals surface area contributed by atoms with Crippen LogP contribution in [0.2, 0.25) is 0 Å². The molecule has 0 N–H and O–H groups in total. The summed E-state index contributed by atoms with van der Waals surface area (Å²) in [5.74, 6) is 0.522. The van der Waals surface area contributed by atoms with Crippen LogP contribution in [0.1, 0.15) is 12.0 Å². The van der Waals surface area contributed by atoms with Gasteiger partial charge in [-0.1, -0.05) is 36.4 Å². The van der Waals surface area contributed by atoms with Gasteiger partial charge in [-0.2, -0.15) is 0 Å². The van der Waals surface area contributed by atoms with Crippen molar-refractivity contribution >= 4 is 22.2 Å². The molecule has 0 aliphatic heterocycles. The maximum Gasteiger partial charge on any atom is 0.268 e. The molecular formula is C17H16BrNO3. The molecule has 0 atom stereocenters. The van der Waals surface area contributed by atoms with Gasteiger partial charge in [0.1, 0.15) is 23.1 Å². The summed E-state index contributed by atoms with van der Waals surface area (Å²) < 4.78 is 7.67. The van der Waals surface area contributed by atoms with Crippen LogP contribution in [0.5, 0.6) is 5.75 Å². The highest BCUT2D eigenvalue weighted by Gasteiger charge is 2.08. The van der Waals surface area contributed by atoms with E-state index in [2.05, 4.69) is 15.9 Å². The highest BCUT2D eigenvalue weighted by molar-refractivity contribution is 9.10. The first-order valence-corrected chi connectivity index (χ1v) is 7.67. The Balaban J connectivity index is 2.04. The van der Waals surface area contributed by atoms with Crippen molar-refractivity contribution in [3.8, 4) is 5.75 Å². The van der Waals surface area contributed by atoms with Gasteiger partial charge in [0.15, 0.2) is 0 Å². The predicted molar refractivity (Wildman–Crippen MR) is 89.0 cm³/mol. The second kappa shape index (κ2) is 8.34. The molecule has 5 heteroatoms. The van der Waals surface area contributed by atoms with E-state index in [4.69, 9.17) is 4.74 Å². The molecule has 2 aromatic rings. The largest absolute Gasteiger partial charge is 0.487 e. The lowest BCUT2D eigenvalue weighted by atomic mass is 10.2. The number of hydrogen-bond donors (Lipinski definition) is 0. The van der Waals surface area contributed by atoms with Crippen LogP contribution in [-0.4, -0.2) is 10.9 Å². The van der Waals surface area contributed by atoms with Gasteiger partial charge in [-0.05, 0) is 40.1 Å². The van der Waals surface area contributed by atoms with Crippen LogP contribution >= 0.6 is 15.9 Å². The first-order valence-electron chi connectivity index (χ1n) is 6.88. The number of carbonyl (C=O) groups is 1. The number of aldehydes is 1. The summed E-state index contributed by atoms with van der Waals surface area (Å²) in [6, 6.07) is 11.5. The minimum atomic E-state index is -0.148. The highest BCUT2D eigenvalue weighted by Crippen LogP contribution is 2.21. The van der Waals surface area contributed by atoms with Crippen LogP contribution in [0.15, 0.2) is 64.0 Å². The monoisotopic (exact) mass is 361 g/mol. The van der Waals surface area contributed by atoms with Gasteiger partial charge in [-0.15, -0.1) is 0 Å². The third kappa shape index (κ3) is 4.43. The SMILES string of the molecule is O=C/C=C/CCn1ccc(OCc2ccccc2)c(Br)c1=O. The number of allylic oxidation sites excluding steroid dienone is 2. The summed E-state index contributed by atoms with van der Waals surface area (Å²) in [6.45, 7) is 0.922. The molecule has 0 saturated heterocycles. The fraction of sp³-hybridized carbons (Fsp3) is 0.176. The first-order chi connectivity index (χ1) is 10.7. The molecule has 22 heavy (non-hydrogen) atoms. The summed E-state index contributed by atoms with van der Waals surface area (Å²) in [5, 5.41) is 0. The third-order valence-corrected chi connectivity index (χ3v) is 3.79. The van der Waals surface area contributed by atoms with Gasteiger partial charge >= 0.3 is 0 Å². The number of ether oxygens (including phenoxy) is 1. The Morgan fingerprint density at radius 3 is 2.68 bits per heavy atom. The Morgan fingerprint density at radius 1 is 1.18 bits per heavy atom. The molecule has 0 unspecified atom stereocenters. The Labute approximate surface area is 137 Å². The van der Waals surface area contributed by atoms with Crippen LogP contribution in [-0.2, 0) is 17.9 Å². The van der Waals surface area contributed by atoms with E-state index in [1.165, 1.54) is 6.08 Å². The number of benzene rings is 1. The molecule has 1 aromatic carbocycles. The zero-order chi connectivity index (χ0) is 15.8. The van der Waals surface area contributed by atoms with E-state index in [9.17, 15) is 9.59 Å². The van der Waals surface area contributed by atoms with Crippen molar-refractivity contribution < 1.29 is 9.53 Å². The molecule has 0 bridgehead atoms. The minimum Gasteiger partial charge on any atom is -0.487 e. The maximum atomic E-state index is 12.2. The lowest BCUT2D eigenvalue weighted by molar-refractivity contribution is -0.104. The Bertz CT molecular complexity index is 708. The van der Waals surface area contributed by atoms with Gasteiger partial charge < -0.3 is 9.30 Å². The number of aryl methyl sites for hydroxylation is 1. The number of pyridine rings is 1. The van der Waals surface area contributed by atoms with E-state index < -0.39 is 0 Å². The van der Waals surface area contributed by atoms with Crippen LogP contribution in [0, 0.1) is 0 Å². The van der Waals surface area contributed by atoms with Crippen molar-refractivity contribution in [2.45, 2.75) is 19.6 Å². The molecule has 0 fully saturated rings. The van der Waals surface area contributed by atoms with Gasteiger partial charge in [0.2, 0.25) is 0 Å². The van der Waals surface area contributed by atoms with E-state index in [-0.39, 0.29) is 5.56 Å². The summed E-state index contributed by atoms with van der Waals surface area (Å²) >= 11 is 3.29. The van der Waals surface area contributed by atoms with Gasteiger partial charge in [0.05, 0.1) is 0 Å². The van der Waals surface area contributed by atoms with Crippen molar-refractivity contribution in [1.82, 2.24) is 4.57 Å². The minimum absolute atomic E-state index is 0.148. The normalized spacial score (nSPS) is 10.8. The second-order valence-electron chi connectivity index (χ2n) is 4.62. The molecule has 0 spiro atoms. The number of carbonyl (C=O) groups excluding carboxylic acids is 1. The van der Waals surface area contributed by atoms with Gasteiger partial charge in [-0.3, -0.25) is 9.59 Å². The van der Waals surface area contributed by atoms with Gasteiger partial charge in [-0.25, -0.2) is 0 Å². The Morgan fingerprint density at radius 2 is 1.95 bits per heavy atom. The standard InChI is InChI=1S/C17H16BrNO3/c18-16-15(22-13-14-7-3-1-4-8-14)9-11-19(17(16)21)10-5-2-6-12-20/h1-4,6-9,11-12H,5,10,13H2/b6-2+. The molecule has 1 heterocycles. The van der Waals surface area contributed by atoms with Crippen LogP contribution < -0.4 is 10.3 Å². The van der Waals surface area contributed by atoms with E-state index in [1.54, 1.807) is 22.9 Å². The fourth-order valence-electron chi connectivity index (χ4n) is 1.92. The average Bonchev–Trinajstić information content (AvgIpc) is 2.55. The summed E-state index contributed by atoms with van der Waals surface area (Å²) in [5.41, 5.74) is 0.891. The first kappa shape index (κ1) is 16.2. The summed E-state index contributed by atoms with van der Waals surface area (Å²) in [6.07, 6.45) is 6.20. The number of nitrogens with zero attached hydrogens (tertiary/aromatic N) is 1. The zero-order valence-electron chi connectivity index (χ0n) is 11.9. The number of rotatable bonds is 7. The highest BCUT2D eigenvalue weighted by atomic mass is 79.9. The Kier molecular flexibility index (Phi) is 6.15. The Hall–Kier alpha value is -2.14. The molecular weight excluding hydrogens is 346 g/mol. The van der Waals surface area contributed by atoms with Crippen molar-refractivity contribution in [3.05, 3.63) is 75.1 Å². The molecule has 0 saturated carbocycles. The molecule has 2 rings (SSSR count). The molecule has 4 nitrogen and oxygen atoms in total. The molecule has 114 valence electrons. The topological polar surface area (TPSA) is 48.3 Å². The van der Waals surface area contributed by atoms with Gasteiger partial charge in [0, 0.05) is 12.7 Å².